The number of nitro groups is 1. The molecule has 3 heterocycles. The number of thiazole rings is 1. The standard InChI is InChI=1S/C32H33N5O4S/c1-23-3-5-25(6-4-23)18-34(19-26-7-12-30-31(17-26)41-22-40-30)20-32-33-29(21-42-32)24(2)35-13-15-36(16-14-35)27-8-10-28(11-9-27)37(38)39/h3-12,17,21H,2,13-16,18-20,22H2,1H3. The van der Waals surface area contributed by atoms with Crippen molar-refractivity contribution >= 4 is 28.4 Å². The summed E-state index contributed by atoms with van der Waals surface area (Å²) in [6, 6.07) is 21.6. The zero-order valence-corrected chi connectivity index (χ0v) is 24.4. The Balaban J connectivity index is 1.10. The van der Waals surface area contributed by atoms with Gasteiger partial charge in [0.2, 0.25) is 6.79 Å². The number of nitrogens with zero attached hydrogens (tertiary/aromatic N) is 5. The number of hydrogen-bond acceptors (Lipinski definition) is 9. The number of ether oxygens (including phenoxy) is 2. The maximum Gasteiger partial charge on any atom is 0.269 e. The maximum absolute atomic E-state index is 11.0. The van der Waals surface area contributed by atoms with E-state index in [1.54, 1.807) is 23.5 Å². The van der Waals surface area contributed by atoms with Crippen molar-refractivity contribution in [2.75, 3.05) is 37.9 Å². The molecule has 0 N–H and O–H groups in total. The predicted octanol–water partition coefficient (Wildman–Crippen LogP) is 6.08. The lowest BCUT2D eigenvalue weighted by Gasteiger charge is -2.37. The molecular formula is C32H33N5O4S. The molecule has 4 aromatic rings. The molecular weight excluding hydrogens is 550 g/mol. The van der Waals surface area contributed by atoms with Crippen molar-refractivity contribution in [1.82, 2.24) is 14.8 Å². The Morgan fingerprint density at radius 1 is 0.952 bits per heavy atom. The Morgan fingerprint density at radius 3 is 2.38 bits per heavy atom. The van der Waals surface area contributed by atoms with Crippen molar-refractivity contribution in [3.63, 3.8) is 0 Å². The molecule has 2 aliphatic heterocycles. The molecule has 0 atom stereocenters. The number of hydrogen-bond donors (Lipinski definition) is 0. The van der Waals surface area contributed by atoms with Crippen LogP contribution in [0, 0.1) is 17.0 Å². The zero-order chi connectivity index (χ0) is 29.1. The molecule has 6 rings (SSSR count). The van der Waals surface area contributed by atoms with Gasteiger partial charge < -0.3 is 19.3 Å². The average Bonchev–Trinajstić information content (AvgIpc) is 3.68. The first-order valence-electron chi connectivity index (χ1n) is 14.0. The summed E-state index contributed by atoms with van der Waals surface area (Å²) in [6.45, 7) is 12.3. The average molecular weight is 584 g/mol. The van der Waals surface area contributed by atoms with Crippen LogP contribution >= 0.6 is 11.3 Å². The van der Waals surface area contributed by atoms with Gasteiger partial charge in [0.1, 0.15) is 5.01 Å². The molecule has 1 aromatic heterocycles. The minimum absolute atomic E-state index is 0.110. The number of rotatable bonds is 10. The summed E-state index contributed by atoms with van der Waals surface area (Å²) < 4.78 is 11.1. The smallest absolute Gasteiger partial charge is 0.269 e. The maximum atomic E-state index is 11.0. The third-order valence-corrected chi connectivity index (χ3v) is 8.50. The fourth-order valence-electron chi connectivity index (χ4n) is 5.31. The van der Waals surface area contributed by atoms with Gasteiger partial charge in [0, 0.05) is 62.5 Å². The summed E-state index contributed by atoms with van der Waals surface area (Å²) in [4.78, 5) is 22.5. The molecule has 1 saturated heterocycles. The first-order chi connectivity index (χ1) is 20.4. The summed E-state index contributed by atoms with van der Waals surface area (Å²) in [5, 5.41) is 14.1. The summed E-state index contributed by atoms with van der Waals surface area (Å²) in [7, 11) is 0. The number of aryl methyl sites for hydroxylation is 1. The molecule has 10 heteroatoms. The third-order valence-electron chi connectivity index (χ3n) is 7.66. The van der Waals surface area contributed by atoms with E-state index in [9.17, 15) is 10.1 Å². The van der Waals surface area contributed by atoms with E-state index in [1.807, 2.05) is 18.2 Å². The Bertz CT molecular complexity index is 1560. The van der Waals surface area contributed by atoms with Gasteiger partial charge in [-0.1, -0.05) is 42.5 Å². The number of non-ortho nitro benzene ring substituents is 1. The van der Waals surface area contributed by atoms with Crippen LogP contribution in [0.2, 0.25) is 0 Å². The predicted molar refractivity (Wildman–Crippen MR) is 165 cm³/mol. The SMILES string of the molecule is C=C(c1csc(CN(Cc2ccc(C)cc2)Cc2ccc3c(c2)OCO3)n1)N1CCN(c2ccc([N+](=O)[O-])cc2)CC1. The molecule has 9 nitrogen and oxygen atoms in total. The molecule has 0 bridgehead atoms. The second-order valence-electron chi connectivity index (χ2n) is 10.6. The van der Waals surface area contributed by atoms with Crippen LogP contribution in [-0.2, 0) is 19.6 Å². The lowest BCUT2D eigenvalue weighted by Crippen LogP contribution is -2.45. The molecule has 0 saturated carbocycles. The molecule has 42 heavy (non-hydrogen) atoms. The van der Waals surface area contributed by atoms with Crippen molar-refractivity contribution in [1.29, 1.82) is 0 Å². The zero-order valence-electron chi connectivity index (χ0n) is 23.6. The highest BCUT2D eigenvalue weighted by molar-refractivity contribution is 7.09. The van der Waals surface area contributed by atoms with Crippen LogP contribution in [0.25, 0.3) is 5.70 Å². The van der Waals surface area contributed by atoms with Gasteiger partial charge in [-0.3, -0.25) is 15.0 Å². The van der Waals surface area contributed by atoms with Gasteiger partial charge in [-0.05, 0) is 42.3 Å². The summed E-state index contributed by atoms with van der Waals surface area (Å²) in [6.07, 6.45) is 0. The molecule has 0 unspecified atom stereocenters. The van der Waals surface area contributed by atoms with E-state index in [4.69, 9.17) is 14.5 Å². The lowest BCUT2D eigenvalue weighted by molar-refractivity contribution is -0.384. The van der Waals surface area contributed by atoms with Crippen LogP contribution in [0.15, 0.2) is 78.7 Å². The van der Waals surface area contributed by atoms with Gasteiger partial charge in [-0.25, -0.2) is 4.98 Å². The molecule has 216 valence electrons. The van der Waals surface area contributed by atoms with Crippen molar-refractivity contribution < 1.29 is 14.4 Å². The highest BCUT2D eigenvalue weighted by Gasteiger charge is 2.22. The van der Waals surface area contributed by atoms with Crippen molar-refractivity contribution in [2.24, 2.45) is 0 Å². The van der Waals surface area contributed by atoms with Crippen LogP contribution in [0.1, 0.15) is 27.4 Å². The van der Waals surface area contributed by atoms with Crippen molar-refractivity contribution in [3.8, 4) is 11.5 Å². The van der Waals surface area contributed by atoms with Crippen LogP contribution in [-0.4, -0.2) is 52.7 Å². The summed E-state index contributed by atoms with van der Waals surface area (Å²) in [5.74, 6) is 1.59. The number of nitro benzene ring substituents is 1. The fraction of sp³-hybridized carbons (Fsp3) is 0.281. The molecule has 0 aliphatic carbocycles. The van der Waals surface area contributed by atoms with Gasteiger partial charge in [0.25, 0.3) is 5.69 Å². The van der Waals surface area contributed by atoms with Crippen LogP contribution in [0.5, 0.6) is 11.5 Å². The molecule has 2 aliphatic rings. The van der Waals surface area contributed by atoms with Crippen LogP contribution in [0.4, 0.5) is 11.4 Å². The number of anilines is 1. The topological polar surface area (TPSA) is 84.2 Å². The van der Waals surface area contributed by atoms with Gasteiger partial charge in [-0.2, -0.15) is 0 Å². The van der Waals surface area contributed by atoms with E-state index in [0.29, 0.717) is 6.54 Å². The second-order valence-corrected chi connectivity index (χ2v) is 11.6. The van der Waals surface area contributed by atoms with Gasteiger partial charge in [0.15, 0.2) is 11.5 Å². The number of piperazine rings is 1. The van der Waals surface area contributed by atoms with E-state index in [1.165, 1.54) is 16.7 Å². The minimum atomic E-state index is -0.368. The second kappa shape index (κ2) is 12.2. The highest BCUT2D eigenvalue weighted by Crippen LogP contribution is 2.33. The number of aromatic nitrogens is 1. The lowest BCUT2D eigenvalue weighted by atomic mass is 10.1. The Hall–Kier alpha value is -4.41. The third kappa shape index (κ3) is 6.40. The van der Waals surface area contributed by atoms with Gasteiger partial charge in [-0.15, -0.1) is 11.3 Å². The highest BCUT2D eigenvalue weighted by atomic mass is 32.1. The normalized spacial score (nSPS) is 14.4. The molecule has 0 amide bonds. The monoisotopic (exact) mass is 583 g/mol. The van der Waals surface area contributed by atoms with E-state index >= 15 is 0 Å². The van der Waals surface area contributed by atoms with E-state index in [2.05, 4.69) is 70.0 Å². The summed E-state index contributed by atoms with van der Waals surface area (Å²) in [5.41, 5.74) is 6.62. The van der Waals surface area contributed by atoms with Gasteiger partial charge >= 0.3 is 0 Å². The first kappa shape index (κ1) is 27.7. The minimum Gasteiger partial charge on any atom is -0.454 e. The Morgan fingerprint density at radius 2 is 1.64 bits per heavy atom. The van der Waals surface area contributed by atoms with E-state index in [0.717, 1.165) is 72.9 Å². The number of fused-ring (bicyclic) bond motifs is 1. The summed E-state index contributed by atoms with van der Waals surface area (Å²) >= 11 is 1.66. The molecule has 3 aromatic carbocycles. The van der Waals surface area contributed by atoms with E-state index < -0.39 is 0 Å². The van der Waals surface area contributed by atoms with Crippen LogP contribution < -0.4 is 14.4 Å². The Kier molecular flexibility index (Phi) is 8.07. The van der Waals surface area contributed by atoms with Gasteiger partial charge in [0.05, 0.1) is 22.9 Å². The quantitative estimate of drug-likeness (QED) is 0.164. The molecule has 1 fully saturated rings. The fourth-order valence-corrected chi connectivity index (χ4v) is 6.15. The molecule has 0 spiro atoms. The van der Waals surface area contributed by atoms with Crippen molar-refractivity contribution in [2.45, 2.75) is 26.6 Å². The molecule has 0 radical (unpaired) electrons. The Labute approximate surface area is 249 Å². The number of benzene rings is 3. The van der Waals surface area contributed by atoms with Crippen LogP contribution in [0.3, 0.4) is 0 Å². The first-order valence-corrected chi connectivity index (χ1v) is 14.8. The van der Waals surface area contributed by atoms with Crippen molar-refractivity contribution in [3.05, 3.63) is 116 Å². The largest absolute Gasteiger partial charge is 0.454 e. The van der Waals surface area contributed by atoms with E-state index in [-0.39, 0.29) is 17.4 Å².